The highest BCUT2D eigenvalue weighted by Gasteiger charge is 2.55. The summed E-state index contributed by atoms with van der Waals surface area (Å²) in [6, 6.07) is 22.6. The Bertz CT molecular complexity index is 2230. The Kier molecular flexibility index (Phi) is 7.63. The van der Waals surface area contributed by atoms with Gasteiger partial charge < -0.3 is 19.5 Å². The smallest absolute Gasteiger partial charge is 0.270 e. The maximum absolute atomic E-state index is 14.2. The van der Waals surface area contributed by atoms with Gasteiger partial charge in [-0.15, -0.1) is 0 Å². The minimum absolute atomic E-state index is 0.0606. The third-order valence-corrected chi connectivity index (χ3v) is 9.43. The third kappa shape index (κ3) is 5.46. The molecule has 2 aliphatic rings. The second-order valence-electron chi connectivity index (χ2n) is 11.5. The molecule has 238 valence electrons. The van der Waals surface area contributed by atoms with Gasteiger partial charge in [0.05, 0.1) is 17.7 Å². The van der Waals surface area contributed by atoms with Crippen LogP contribution in [0.5, 0.6) is 17.2 Å². The molecule has 3 atom stereocenters. The highest BCUT2D eigenvalue weighted by molar-refractivity contribution is 7.07. The van der Waals surface area contributed by atoms with Crippen molar-refractivity contribution in [2.24, 2.45) is 10.9 Å². The van der Waals surface area contributed by atoms with Crippen LogP contribution in [0.25, 0.3) is 6.08 Å². The molecule has 47 heavy (non-hydrogen) atoms. The molecule has 2 bridgehead atoms. The molecule has 0 spiro atoms. The first-order valence-corrected chi connectivity index (χ1v) is 15.7. The van der Waals surface area contributed by atoms with E-state index >= 15 is 0 Å². The number of nitrogens with one attached hydrogen (secondary N) is 1. The number of para-hydroxylation sites is 2. The number of aromatic nitrogens is 1. The normalized spacial score (nSPS) is 19.6. The van der Waals surface area contributed by atoms with Gasteiger partial charge in [-0.3, -0.25) is 14.2 Å². The summed E-state index contributed by atoms with van der Waals surface area (Å²) in [6.07, 6.45) is 1.73. The van der Waals surface area contributed by atoms with E-state index in [1.54, 1.807) is 35.8 Å². The Morgan fingerprint density at radius 2 is 1.83 bits per heavy atom. The molecule has 4 aromatic carbocycles. The monoisotopic (exact) mass is 653 g/mol. The number of anilines is 1. The zero-order valence-electron chi connectivity index (χ0n) is 25.6. The number of methoxy groups -OCH3 is 1. The Labute approximate surface area is 272 Å². The van der Waals surface area contributed by atoms with Crippen molar-refractivity contribution in [1.29, 1.82) is 0 Å². The minimum Gasteiger partial charge on any atom is -0.496 e. The highest BCUT2D eigenvalue weighted by Crippen LogP contribution is 2.47. The van der Waals surface area contributed by atoms with E-state index < -0.39 is 29.3 Å². The maximum Gasteiger partial charge on any atom is 0.270 e. The Hall–Kier alpha value is -5.29. The quantitative estimate of drug-likeness (QED) is 0.251. The number of carbonyl (C=O) groups excluding carboxylic acids is 1. The lowest BCUT2D eigenvalue weighted by molar-refractivity contribution is -0.131. The van der Waals surface area contributed by atoms with Crippen molar-refractivity contribution >= 4 is 29.0 Å². The zero-order valence-corrected chi connectivity index (χ0v) is 26.4. The van der Waals surface area contributed by atoms with Gasteiger partial charge in [0.15, 0.2) is 16.4 Å². The predicted octanol–water partition coefficient (Wildman–Crippen LogP) is 5.50. The van der Waals surface area contributed by atoms with Gasteiger partial charge >= 0.3 is 0 Å². The molecule has 0 fully saturated rings. The van der Waals surface area contributed by atoms with Gasteiger partial charge in [0.2, 0.25) is 11.6 Å². The number of ether oxygens (including phenoxy) is 3. The van der Waals surface area contributed by atoms with Crippen LogP contribution < -0.4 is 34.4 Å². The van der Waals surface area contributed by atoms with E-state index in [9.17, 15) is 18.4 Å². The molecule has 0 saturated carbocycles. The summed E-state index contributed by atoms with van der Waals surface area (Å²) in [7, 11) is 1.51. The zero-order chi connectivity index (χ0) is 32.9. The lowest BCUT2D eigenvalue weighted by atomic mass is 9.80. The van der Waals surface area contributed by atoms with Gasteiger partial charge in [-0.1, -0.05) is 53.8 Å². The van der Waals surface area contributed by atoms with Crippen molar-refractivity contribution in [2.75, 3.05) is 12.4 Å². The molecule has 3 heterocycles. The van der Waals surface area contributed by atoms with Crippen molar-refractivity contribution in [3.63, 3.8) is 0 Å². The van der Waals surface area contributed by atoms with Crippen LogP contribution in [-0.4, -0.2) is 23.3 Å². The molecule has 11 heteroatoms. The van der Waals surface area contributed by atoms with E-state index in [-0.39, 0.29) is 23.8 Å². The standard InChI is InChI=1S/C36H29F2N3O5S/c1-20-8-4-6-10-26(20)39-33(42)31-32-24-9-5-7-11-28(24)46-36(31,2)40-35-41(32)34(43)30(47-35)17-21-12-14-27(44-3)22(16-21)19-45-29-15-13-23(37)18-25(29)38/h4-18,31-32H,19H2,1-3H3,(H,39,42)/b30-17+/t31-,32-,36-/m0/s1. The lowest BCUT2D eigenvalue weighted by Crippen LogP contribution is -2.59. The van der Waals surface area contributed by atoms with Crippen LogP contribution in [0.4, 0.5) is 14.5 Å². The first kappa shape index (κ1) is 30.4. The molecule has 0 unspecified atom stereocenters. The predicted molar refractivity (Wildman–Crippen MR) is 174 cm³/mol. The fourth-order valence-corrected chi connectivity index (χ4v) is 7.27. The number of aryl methyl sites for hydroxylation is 1. The van der Waals surface area contributed by atoms with Gasteiger partial charge in [0.25, 0.3) is 5.56 Å². The van der Waals surface area contributed by atoms with Gasteiger partial charge in [-0.25, -0.2) is 13.8 Å². The maximum atomic E-state index is 14.2. The summed E-state index contributed by atoms with van der Waals surface area (Å²) in [5.74, 6) is -1.71. The molecule has 5 aromatic rings. The molecule has 1 aromatic heterocycles. The van der Waals surface area contributed by atoms with Crippen LogP contribution in [0.3, 0.4) is 0 Å². The average Bonchev–Trinajstić information content (AvgIpc) is 3.34. The second-order valence-corrected chi connectivity index (χ2v) is 12.5. The molecule has 8 nitrogen and oxygen atoms in total. The van der Waals surface area contributed by atoms with Crippen LogP contribution in [0.1, 0.15) is 35.2 Å². The summed E-state index contributed by atoms with van der Waals surface area (Å²) >= 11 is 1.21. The van der Waals surface area contributed by atoms with Crippen molar-refractivity contribution in [1.82, 2.24) is 4.57 Å². The molecule has 0 aliphatic carbocycles. The van der Waals surface area contributed by atoms with Gasteiger partial charge in [0.1, 0.15) is 29.8 Å². The Balaban J connectivity index is 1.29. The minimum atomic E-state index is -1.28. The fourth-order valence-electron chi connectivity index (χ4n) is 6.17. The number of hydrogen-bond donors (Lipinski definition) is 1. The molecule has 0 radical (unpaired) electrons. The fraction of sp³-hybridized carbons (Fsp3) is 0.194. The molecule has 2 aliphatic heterocycles. The highest BCUT2D eigenvalue weighted by atomic mass is 32.1. The molecule has 1 N–H and O–H groups in total. The first-order chi connectivity index (χ1) is 22.6. The number of thiazole rings is 1. The Morgan fingerprint density at radius 3 is 2.62 bits per heavy atom. The van der Waals surface area contributed by atoms with E-state index in [2.05, 4.69) is 5.32 Å². The van der Waals surface area contributed by atoms with E-state index in [1.165, 1.54) is 24.5 Å². The van der Waals surface area contributed by atoms with Crippen LogP contribution in [0.15, 0.2) is 94.7 Å². The molecule has 7 rings (SSSR count). The van der Waals surface area contributed by atoms with Crippen molar-refractivity contribution < 1.29 is 27.8 Å². The molecule has 1 amide bonds. The number of fused-ring (bicyclic) bond motifs is 6. The second kappa shape index (κ2) is 11.8. The summed E-state index contributed by atoms with van der Waals surface area (Å²) < 4.78 is 47.1. The van der Waals surface area contributed by atoms with E-state index in [0.717, 1.165) is 23.3 Å². The molecular formula is C36H29F2N3O5S. The van der Waals surface area contributed by atoms with E-state index in [0.29, 0.717) is 37.6 Å². The number of carbonyl (C=O) groups is 1. The van der Waals surface area contributed by atoms with Gasteiger partial charge in [-0.2, -0.15) is 0 Å². The van der Waals surface area contributed by atoms with E-state index in [4.69, 9.17) is 19.2 Å². The number of rotatable bonds is 7. The summed E-state index contributed by atoms with van der Waals surface area (Å²) in [5.41, 5.74) is 1.98. The van der Waals surface area contributed by atoms with Crippen molar-refractivity contribution in [3.05, 3.63) is 139 Å². The van der Waals surface area contributed by atoms with Crippen molar-refractivity contribution in [2.45, 2.75) is 32.2 Å². The lowest BCUT2D eigenvalue weighted by Gasteiger charge is -2.45. The van der Waals surface area contributed by atoms with E-state index in [1.807, 2.05) is 55.5 Å². The summed E-state index contributed by atoms with van der Waals surface area (Å²) in [6.45, 7) is 3.63. The SMILES string of the molecule is COc1ccc(/C=c2/sc3n(c2=O)[C@H]2c4ccccc4O[C@](C)(N=3)[C@@H]2C(=O)Nc2ccccc2C)cc1COc1ccc(F)cc1F. The largest absolute Gasteiger partial charge is 0.496 e. The van der Waals surface area contributed by atoms with Gasteiger partial charge in [-0.05, 0) is 67.4 Å². The summed E-state index contributed by atoms with van der Waals surface area (Å²) in [5, 5.41) is 3.04. The Morgan fingerprint density at radius 1 is 1.06 bits per heavy atom. The van der Waals surface area contributed by atoms with Crippen LogP contribution in [0.2, 0.25) is 0 Å². The van der Waals surface area contributed by atoms with Crippen LogP contribution in [0, 0.1) is 24.5 Å². The topological polar surface area (TPSA) is 91.2 Å². The average molecular weight is 654 g/mol. The number of amides is 1. The molecule has 0 saturated heterocycles. The first-order valence-electron chi connectivity index (χ1n) is 14.9. The van der Waals surface area contributed by atoms with Gasteiger partial charge in [0, 0.05) is 22.9 Å². The van der Waals surface area contributed by atoms with Crippen LogP contribution in [-0.2, 0) is 11.4 Å². The number of benzene rings is 4. The summed E-state index contributed by atoms with van der Waals surface area (Å²) in [4.78, 5) is 33.5. The number of nitrogens with zero attached hydrogens (tertiary/aromatic N) is 2. The molecular weight excluding hydrogens is 624 g/mol. The van der Waals surface area contributed by atoms with Crippen molar-refractivity contribution in [3.8, 4) is 17.2 Å². The number of halogens is 2. The van der Waals surface area contributed by atoms with Crippen LogP contribution >= 0.6 is 11.3 Å². The third-order valence-electron chi connectivity index (χ3n) is 8.44. The number of hydrogen-bond acceptors (Lipinski definition) is 7.